The molecule has 0 spiro atoms. The van der Waals surface area contributed by atoms with Crippen LogP contribution in [-0.4, -0.2) is 41.9 Å². The number of aryl methyl sites for hydroxylation is 1. The van der Waals surface area contributed by atoms with E-state index in [-0.39, 0.29) is 11.1 Å². The maximum Gasteiger partial charge on any atom is 0.214 e. The van der Waals surface area contributed by atoms with Gasteiger partial charge in [0.1, 0.15) is 0 Å². The Labute approximate surface area is 126 Å². The molecule has 1 aliphatic rings. The first-order chi connectivity index (χ1) is 9.49. The van der Waals surface area contributed by atoms with Crippen molar-refractivity contribution in [3.05, 3.63) is 30.1 Å². The minimum Gasteiger partial charge on any atom is -0.265 e. The summed E-state index contributed by atoms with van der Waals surface area (Å²) in [5, 5.41) is 0.122. The Morgan fingerprint density at radius 1 is 1.35 bits per heavy atom. The van der Waals surface area contributed by atoms with Crippen LogP contribution in [0, 0.1) is 5.92 Å². The van der Waals surface area contributed by atoms with Gasteiger partial charge < -0.3 is 0 Å². The van der Waals surface area contributed by atoms with Gasteiger partial charge in [0.2, 0.25) is 10.0 Å². The maximum absolute atomic E-state index is 12.3. The van der Waals surface area contributed by atoms with Crippen LogP contribution >= 0.6 is 11.6 Å². The molecule has 4 nitrogen and oxygen atoms in total. The number of sulfonamides is 1. The minimum absolute atomic E-state index is 0.122. The second-order valence-corrected chi connectivity index (χ2v) is 8.11. The van der Waals surface area contributed by atoms with E-state index < -0.39 is 10.0 Å². The van der Waals surface area contributed by atoms with Gasteiger partial charge >= 0.3 is 0 Å². The Balaban J connectivity index is 1.88. The van der Waals surface area contributed by atoms with Gasteiger partial charge in [0.25, 0.3) is 0 Å². The number of aromatic nitrogens is 1. The molecule has 1 saturated heterocycles. The fourth-order valence-electron chi connectivity index (χ4n) is 2.54. The Morgan fingerprint density at radius 2 is 1.95 bits per heavy atom. The van der Waals surface area contributed by atoms with Crippen molar-refractivity contribution in [1.82, 2.24) is 9.29 Å². The molecule has 1 aromatic rings. The molecule has 0 aliphatic carbocycles. The Hall–Kier alpha value is -0.650. The Morgan fingerprint density at radius 3 is 2.50 bits per heavy atom. The van der Waals surface area contributed by atoms with Crippen molar-refractivity contribution in [3.63, 3.8) is 0 Å². The highest BCUT2D eigenvalue weighted by Crippen LogP contribution is 2.25. The average molecular weight is 317 g/mol. The molecule has 1 aromatic heterocycles. The summed E-state index contributed by atoms with van der Waals surface area (Å²) in [4.78, 5) is 3.93. The zero-order valence-corrected chi connectivity index (χ0v) is 13.3. The van der Waals surface area contributed by atoms with Crippen LogP contribution in [0.1, 0.15) is 25.3 Å². The molecule has 2 heterocycles. The summed E-state index contributed by atoms with van der Waals surface area (Å²) in [6.45, 7) is 3.18. The number of hydrogen-bond acceptors (Lipinski definition) is 3. The summed E-state index contributed by atoms with van der Waals surface area (Å²) < 4.78 is 26.2. The number of pyridine rings is 1. The number of rotatable bonds is 5. The largest absolute Gasteiger partial charge is 0.265 e. The molecule has 0 bridgehead atoms. The molecule has 1 atom stereocenters. The lowest BCUT2D eigenvalue weighted by Gasteiger charge is -2.32. The third-order valence-corrected chi connectivity index (χ3v) is 6.17. The first kappa shape index (κ1) is 15.7. The highest BCUT2D eigenvalue weighted by molar-refractivity contribution is 7.89. The molecule has 0 N–H and O–H groups in total. The lowest BCUT2D eigenvalue weighted by atomic mass is 9.95. The highest BCUT2D eigenvalue weighted by Gasteiger charge is 2.29. The van der Waals surface area contributed by atoms with Gasteiger partial charge in [0.15, 0.2) is 0 Å². The quantitative estimate of drug-likeness (QED) is 0.783. The predicted octanol–water partition coefficient (Wildman–Crippen LogP) is 2.29. The van der Waals surface area contributed by atoms with Crippen LogP contribution < -0.4 is 0 Å². The minimum atomic E-state index is -3.16. The monoisotopic (exact) mass is 316 g/mol. The summed E-state index contributed by atoms with van der Waals surface area (Å²) in [5.41, 5.74) is 1.01. The van der Waals surface area contributed by atoms with Crippen LogP contribution in [0.25, 0.3) is 0 Å². The molecule has 0 saturated carbocycles. The fraction of sp³-hybridized carbons (Fsp3) is 0.643. The van der Waals surface area contributed by atoms with E-state index in [0.717, 1.165) is 18.4 Å². The number of halogens is 1. The van der Waals surface area contributed by atoms with Crippen molar-refractivity contribution in [2.24, 2.45) is 5.92 Å². The van der Waals surface area contributed by atoms with Gasteiger partial charge in [0, 0.05) is 30.9 Å². The molecule has 0 aromatic carbocycles. The molecule has 1 aliphatic heterocycles. The summed E-state index contributed by atoms with van der Waals surface area (Å²) in [6.07, 6.45) is 5.64. The van der Waals surface area contributed by atoms with Gasteiger partial charge in [-0.3, -0.25) is 4.98 Å². The molecule has 20 heavy (non-hydrogen) atoms. The van der Waals surface area contributed by atoms with Crippen molar-refractivity contribution < 1.29 is 8.42 Å². The average Bonchev–Trinajstić information content (AvgIpc) is 2.46. The molecule has 6 heteroatoms. The van der Waals surface area contributed by atoms with Crippen LogP contribution in [0.3, 0.4) is 0 Å². The van der Waals surface area contributed by atoms with E-state index in [1.54, 1.807) is 16.7 Å². The Kier molecular flexibility index (Phi) is 5.41. The summed E-state index contributed by atoms with van der Waals surface area (Å²) in [6, 6.07) is 3.72. The standard InChI is InChI=1S/C14H21ClN2O2S/c1-12(15)14-4-9-17(10-5-14)20(18,19)11-6-13-2-7-16-8-3-13/h2-3,7-8,12,14H,4-6,9-11H2,1H3. The van der Waals surface area contributed by atoms with Gasteiger partial charge in [-0.2, -0.15) is 0 Å². The Bertz CT molecular complexity index is 511. The van der Waals surface area contributed by atoms with Gasteiger partial charge in [0.05, 0.1) is 5.75 Å². The zero-order valence-electron chi connectivity index (χ0n) is 11.7. The van der Waals surface area contributed by atoms with E-state index in [2.05, 4.69) is 4.98 Å². The van der Waals surface area contributed by atoms with Crippen molar-refractivity contribution in [1.29, 1.82) is 0 Å². The van der Waals surface area contributed by atoms with E-state index in [1.807, 2.05) is 19.1 Å². The number of hydrogen-bond donors (Lipinski definition) is 0. The van der Waals surface area contributed by atoms with Crippen LogP contribution in [0.5, 0.6) is 0 Å². The van der Waals surface area contributed by atoms with Crippen molar-refractivity contribution in [2.75, 3.05) is 18.8 Å². The van der Waals surface area contributed by atoms with Gasteiger partial charge in [-0.15, -0.1) is 11.6 Å². The van der Waals surface area contributed by atoms with E-state index in [9.17, 15) is 8.42 Å². The molecule has 1 unspecified atom stereocenters. The van der Waals surface area contributed by atoms with Crippen LogP contribution in [0.4, 0.5) is 0 Å². The van der Waals surface area contributed by atoms with Gasteiger partial charge in [-0.25, -0.2) is 12.7 Å². The molecular weight excluding hydrogens is 296 g/mol. The van der Waals surface area contributed by atoms with Crippen molar-refractivity contribution in [3.8, 4) is 0 Å². The first-order valence-corrected chi connectivity index (χ1v) is 9.04. The second kappa shape index (κ2) is 6.87. The highest BCUT2D eigenvalue weighted by atomic mass is 35.5. The molecule has 112 valence electrons. The number of piperidine rings is 1. The van der Waals surface area contributed by atoms with Crippen LogP contribution in [-0.2, 0) is 16.4 Å². The maximum atomic E-state index is 12.3. The molecule has 2 rings (SSSR count). The van der Waals surface area contributed by atoms with Gasteiger partial charge in [-0.1, -0.05) is 0 Å². The van der Waals surface area contributed by atoms with Crippen molar-refractivity contribution in [2.45, 2.75) is 31.6 Å². The predicted molar refractivity (Wildman–Crippen MR) is 81.3 cm³/mol. The lowest BCUT2D eigenvalue weighted by Crippen LogP contribution is -2.41. The topological polar surface area (TPSA) is 50.3 Å². The molecular formula is C14H21ClN2O2S. The molecule has 0 radical (unpaired) electrons. The fourth-order valence-corrected chi connectivity index (χ4v) is 4.31. The second-order valence-electron chi connectivity index (χ2n) is 5.34. The molecule has 1 fully saturated rings. The van der Waals surface area contributed by atoms with Gasteiger partial charge in [-0.05, 0) is 49.8 Å². The summed E-state index contributed by atoms with van der Waals surface area (Å²) in [7, 11) is -3.16. The summed E-state index contributed by atoms with van der Waals surface area (Å²) in [5.74, 6) is 0.598. The number of nitrogens with zero attached hydrogens (tertiary/aromatic N) is 2. The van der Waals surface area contributed by atoms with Crippen LogP contribution in [0.2, 0.25) is 0 Å². The zero-order chi connectivity index (χ0) is 14.6. The normalized spacial score (nSPS) is 19.9. The SMILES string of the molecule is CC(Cl)C1CCN(S(=O)(=O)CCc2ccncc2)CC1. The van der Waals surface area contributed by atoms with E-state index in [1.165, 1.54) is 0 Å². The van der Waals surface area contributed by atoms with E-state index >= 15 is 0 Å². The third kappa shape index (κ3) is 4.17. The van der Waals surface area contributed by atoms with E-state index in [0.29, 0.717) is 25.4 Å². The van der Waals surface area contributed by atoms with Crippen molar-refractivity contribution >= 4 is 21.6 Å². The molecule has 0 amide bonds. The first-order valence-electron chi connectivity index (χ1n) is 7.00. The summed E-state index contributed by atoms with van der Waals surface area (Å²) >= 11 is 6.09. The lowest BCUT2D eigenvalue weighted by molar-refractivity contribution is 0.271. The van der Waals surface area contributed by atoms with Crippen LogP contribution in [0.15, 0.2) is 24.5 Å². The third-order valence-electron chi connectivity index (χ3n) is 3.94. The van der Waals surface area contributed by atoms with E-state index in [4.69, 9.17) is 11.6 Å². The number of alkyl halides is 1. The smallest absolute Gasteiger partial charge is 0.214 e.